The van der Waals surface area contributed by atoms with Gasteiger partial charge >= 0.3 is 0 Å². The van der Waals surface area contributed by atoms with Crippen LogP contribution in [0.15, 0.2) is 29.2 Å². The minimum absolute atomic E-state index is 0.0106. The van der Waals surface area contributed by atoms with Crippen molar-refractivity contribution in [3.63, 3.8) is 0 Å². The Hall–Kier alpha value is -1.00. The molecule has 2 rings (SSSR count). The minimum Gasteiger partial charge on any atom is -0.388 e. The zero-order valence-corrected chi connectivity index (χ0v) is 11.4. The minimum atomic E-state index is -0.636. The van der Waals surface area contributed by atoms with Gasteiger partial charge in [0.05, 0.1) is 11.4 Å². The van der Waals surface area contributed by atoms with Crippen LogP contribution in [0.2, 0.25) is 0 Å². The van der Waals surface area contributed by atoms with Gasteiger partial charge in [-0.25, -0.2) is 0 Å². The zero-order chi connectivity index (χ0) is 13.0. The molecule has 1 aliphatic carbocycles. The van der Waals surface area contributed by atoms with Gasteiger partial charge in [0.25, 0.3) is 0 Å². The van der Waals surface area contributed by atoms with Crippen LogP contribution in [0.3, 0.4) is 0 Å². The first-order valence-corrected chi connectivity index (χ1v) is 7.25. The van der Waals surface area contributed by atoms with E-state index in [-0.39, 0.29) is 5.91 Å². The number of hydrogen-bond donors (Lipinski definition) is 2. The molecule has 98 valence electrons. The van der Waals surface area contributed by atoms with Crippen LogP contribution in [0, 0.1) is 6.92 Å². The maximum atomic E-state index is 11.7. The topological polar surface area (TPSA) is 49.3 Å². The lowest BCUT2D eigenvalue weighted by molar-refractivity contribution is -0.121. The maximum absolute atomic E-state index is 11.7. The quantitative estimate of drug-likeness (QED) is 0.802. The van der Waals surface area contributed by atoms with Crippen molar-refractivity contribution in [1.82, 2.24) is 5.32 Å². The monoisotopic (exact) mass is 265 g/mol. The van der Waals surface area contributed by atoms with Gasteiger partial charge in [-0.05, 0) is 37.8 Å². The summed E-state index contributed by atoms with van der Waals surface area (Å²) >= 11 is 1.54. The highest BCUT2D eigenvalue weighted by molar-refractivity contribution is 8.00. The fourth-order valence-electron chi connectivity index (χ4n) is 1.94. The van der Waals surface area contributed by atoms with Gasteiger partial charge in [-0.1, -0.05) is 18.2 Å². The van der Waals surface area contributed by atoms with E-state index >= 15 is 0 Å². The summed E-state index contributed by atoms with van der Waals surface area (Å²) in [6, 6.07) is 8.03. The Bertz CT molecular complexity index is 430. The molecule has 1 fully saturated rings. The van der Waals surface area contributed by atoms with E-state index in [9.17, 15) is 9.90 Å². The number of amides is 1. The predicted octanol–water partition coefficient (Wildman–Crippen LogP) is 2.12. The van der Waals surface area contributed by atoms with E-state index in [0.29, 0.717) is 12.3 Å². The Labute approximate surface area is 112 Å². The summed E-state index contributed by atoms with van der Waals surface area (Å²) in [6.45, 7) is 2.43. The van der Waals surface area contributed by atoms with E-state index in [1.165, 1.54) is 17.3 Å². The molecule has 0 aromatic heterocycles. The van der Waals surface area contributed by atoms with Gasteiger partial charge in [-0.2, -0.15) is 0 Å². The highest BCUT2D eigenvalue weighted by Gasteiger charge is 2.34. The fraction of sp³-hybridized carbons (Fsp3) is 0.500. The van der Waals surface area contributed by atoms with Crippen molar-refractivity contribution in [3.8, 4) is 0 Å². The molecule has 0 saturated heterocycles. The van der Waals surface area contributed by atoms with Crippen LogP contribution in [0.1, 0.15) is 24.8 Å². The van der Waals surface area contributed by atoms with Crippen LogP contribution in [0.25, 0.3) is 0 Å². The molecule has 2 N–H and O–H groups in total. The lowest BCUT2D eigenvalue weighted by Gasteiger charge is -2.36. The highest BCUT2D eigenvalue weighted by atomic mass is 32.2. The molecule has 0 spiro atoms. The predicted molar refractivity (Wildman–Crippen MR) is 73.7 cm³/mol. The summed E-state index contributed by atoms with van der Waals surface area (Å²) < 4.78 is 0. The summed E-state index contributed by atoms with van der Waals surface area (Å²) in [7, 11) is 0. The molecule has 0 bridgehead atoms. The van der Waals surface area contributed by atoms with Crippen molar-refractivity contribution >= 4 is 17.7 Å². The van der Waals surface area contributed by atoms with Crippen LogP contribution in [-0.2, 0) is 4.79 Å². The Morgan fingerprint density at radius 1 is 1.44 bits per heavy atom. The third kappa shape index (κ3) is 3.50. The van der Waals surface area contributed by atoms with Crippen LogP contribution in [0.5, 0.6) is 0 Å². The van der Waals surface area contributed by atoms with E-state index in [1.54, 1.807) is 0 Å². The standard InChI is InChI=1S/C14H19NO2S/c1-11-5-2-3-6-12(11)18-9-13(16)15-10-14(17)7-4-8-14/h2-3,5-6,17H,4,7-10H2,1H3,(H,15,16). The number of aliphatic hydroxyl groups is 1. The van der Waals surface area contributed by atoms with E-state index in [1.807, 2.05) is 31.2 Å². The first-order chi connectivity index (χ1) is 8.59. The average molecular weight is 265 g/mol. The number of carbonyl (C=O) groups excluding carboxylic acids is 1. The van der Waals surface area contributed by atoms with E-state index in [2.05, 4.69) is 5.32 Å². The van der Waals surface area contributed by atoms with Crippen molar-refractivity contribution in [2.24, 2.45) is 0 Å². The first-order valence-electron chi connectivity index (χ1n) is 6.27. The van der Waals surface area contributed by atoms with Gasteiger partial charge in [0.15, 0.2) is 0 Å². The second kappa shape index (κ2) is 5.76. The molecule has 0 atom stereocenters. The number of thioether (sulfide) groups is 1. The lowest BCUT2D eigenvalue weighted by Crippen LogP contribution is -2.48. The first kappa shape index (κ1) is 13.4. The molecular formula is C14H19NO2S. The molecule has 1 aliphatic rings. The summed E-state index contributed by atoms with van der Waals surface area (Å²) in [4.78, 5) is 12.8. The lowest BCUT2D eigenvalue weighted by atomic mass is 9.80. The normalized spacial score (nSPS) is 17.0. The molecule has 1 amide bonds. The Morgan fingerprint density at radius 3 is 2.78 bits per heavy atom. The SMILES string of the molecule is Cc1ccccc1SCC(=O)NCC1(O)CCC1. The van der Waals surface area contributed by atoms with Crippen molar-refractivity contribution < 1.29 is 9.90 Å². The second-order valence-corrected chi connectivity index (χ2v) is 5.93. The number of nitrogens with one attached hydrogen (secondary N) is 1. The summed E-state index contributed by atoms with van der Waals surface area (Å²) in [5, 5.41) is 12.7. The molecule has 1 aromatic rings. The number of aryl methyl sites for hydroxylation is 1. The third-order valence-electron chi connectivity index (χ3n) is 3.35. The number of hydrogen-bond acceptors (Lipinski definition) is 3. The van der Waals surface area contributed by atoms with Crippen molar-refractivity contribution in [3.05, 3.63) is 29.8 Å². The van der Waals surface area contributed by atoms with Gasteiger partial charge in [-0.15, -0.1) is 11.8 Å². The second-order valence-electron chi connectivity index (χ2n) is 4.91. The van der Waals surface area contributed by atoms with E-state index in [4.69, 9.17) is 0 Å². The van der Waals surface area contributed by atoms with Crippen molar-refractivity contribution in [2.45, 2.75) is 36.7 Å². The summed E-state index contributed by atoms with van der Waals surface area (Å²) in [5.74, 6) is 0.393. The molecule has 0 aliphatic heterocycles. The maximum Gasteiger partial charge on any atom is 0.230 e. The van der Waals surface area contributed by atoms with Crippen LogP contribution in [0.4, 0.5) is 0 Å². The average Bonchev–Trinajstić information content (AvgIpc) is 2.33. The van der Waals surface area contributed by atoms with Gasteiger partial charge in [-0.3, -0.25) is 4.79 Å². The number of carbonyl (C=O) groups is 1. The van der Waals surface area contributed by atoms with Crippen molar-refractivity contribution in [1.29, 1.82) is 0 Å². The molecular weight excluding hydrogens is 246 g/mol. The van der Waals surface area contributed by atoms with Gasteiger partial charge in [0.1, 0.15) is 0 Å². The van der Waals surface area contributed by atoms with Gasteiger partial charge < -0.3 is 10.4 Å². The number of benzene rings is 1. The molecule has 1 saturated carbocycles. The Balaban J connectivity index is 1.73. The van der Waals surface area contributed by atoms with Crippen LogP contribution in [-0.4, -0.2) is 28.9 Å². The Kier molecular flexibility index (Phi) is 4.30. The molecule has 0 unspecified atom stereocenters. The zero-order valence-electron chi connectivity index (χ0n) is 10.6. The van der Waals surface area contributed by atoms with Gasteiger partial charge in [0.2, 0.25) is 5.91 Å². The number of rotatable bonds is 5. The van der Waals surface area contributed by atoms with Crippen LogP contribution >= 0.6 is 11.8 Å². The molecule has 0 heterocycles. The molecule has 0 radical (unpaired) electrons. The van der Waals surface area contributed by atoms with Crippen LogP contribution < -0.4 is 5.32 Å². The van der Waals surface area contributed by atoms with Crippen molar-refractivity contribution in [2.75, 3.05) is 12.3 Å². The molecule has 1 aromatic carbocycles. The molecule has 18 heavy (non-hydrogen) atoms. The van der Waals surface area contributed by atoms with E-state index in [0.717, 1.165) is 24.2 Å². The summed E-state index contributed by atoms with van der Waals surface area (Å²) in [6.07, 6.45) is 2.67. The fourth-order valence-corrected chi connectivity index (χ4v) is 2.80. The highest BCUT2D eigenvalue weighted by Crippen LogP contribution is 2.30. The largest absolute Gasteiger partial charge is 0.388 e. The Morgan fingerprint density at radius 2 is 2.17 bits per heavy atom. The third-order valence-corrected chi connectivity index (χ3v) is 4.53. The smallest absolute Gasteiger partial charge is 0.230 e. The molecule has 3 nitrogen and oxygen atoms in total. The van der Waals surface area contributed by atoms with Gasteiger partial charge in [0, 0.05) is 11.4 Å². The molecule has 4 heteroatoms. The van der Waals surface area contributed by atoms with E-state index < -0.39 is 5.60 Å². The summed E-state index contributed by atoms with van der Waals surface area (Å²) in [5.41, 5.74) is 0.552.